The van der Waals surface area contributed by atoms with Crippen molar-refractivity contribution in [2.45, 2.75) is 20.0 Å². The number of nitrogens with one attached hydrogen (secondary N) is 1. The number of nitrogens with zero attached hydrogens (tertiary/aromatic N) is 2. The molecule has 1 N–H and O–H groups in total. The van der Waals surface area contributed by atoms with Crippen LogP contribution in [0.3, 0.4) is 0 Å². The maximum atomic E-state index is 12.6. The quantitative estimate of drug-likeness (QED) is 0.486. The molecule has 2 aromatic heterocycles. The predicted molar refractivity (Wildman–Crippen MR) is 116 cm³/mol. The molecule has 0 fully saturated rings. The number of hydrogen-bond donors (Lipinski definition) is 1. The third kappa shape index (κ3) is 4.27. The Morgan fingerprint density at radius 3 is 2.63 bits per heavy atom. The molecular weight excluding hydrogens is 378 g/mol. The normalized spacial score (nSPS) is 10.7. The number of imidazole rings is 1. The molecule has 30 heavy (non-hydrogen) atoms. The van der Waals surface area contributed by atoms with E-state index in [1.807, 2.05) is 59.3 Å². The zero-order valence-electron chi connectivity index (χ0n) is 17.0. The second-order valence-corrected chi connectivity index (χ2v) is 6.86. The Morgan fingerprint density at radius 2 is 1.90 bits per heavy atom. The number of aryl methyl sites for hydroxylation is 1. The number of benzene rings is 2. The molecule has 4 aromatic rings. The number of carbonyl (C=O) groups is 1. The van der Waals surface area contributed by atoms with Gasteiger partial charge in [0, 0.05) is 29.7 Å². The molecule has 0 aliphatic heterocycles. The Balaban J connectivity index is 1.48. The van der Waals surface area contributed by atoms with Crippen LogP contribution in [0.25, 0.3) is 5.65 Å². The second kappa shape index (κ2) is 8.69. The second-order valence-electron chi connectivity index (χ2n) is 6.86. The minimum atomic E-state index is -0.172. The van der Waals surface area contributed by atoms with Crippen LogP contribution in [0, 0.1) is 0 Å². The fraction of sp³-hybridized carbons (Fsp3) is 0.167. The fourth-order valence-corrected chi connectivity index (χ4v) is 3.17. The summed E-state index contributed by atoms with van der Waals surface area (Å²) in [4.78, 5) is 17.1. The molecule has 0 atom stereocenters. The van der Waals surface area contributed by atoms with Crippen molar-refractivity contribution in [2.24, 2.45) is 0 Å². The number of hydrogen-bond acceptors (Lipinski definition) is 4. The Labute approximate surface area is 175 Å². The molecule has 0 unspecified atom stereocenters. The van der Waals surface area contributed by atoms with Gasteiger partial charge >= 0.3 is 0 Å². The van der Waals surface area contributed by atoms with Crippen molar-refractivity contribution in [3.8, 4) is 11.5 Å². The highest BCUT2D eigenvalue weighted by Gasteiger charge is 2.11. The molecule has 0 saturated carbocycles. The van der Waals surface area contributed by atoms with Crippen molar-refractivity contribution >= 4 is 17.2 Å². The number of fused-ring (bicyclic) bond motifs is 1. The van der Waals surface area contributed by atoms with Crippen LogP contribution in [0.15, 0.2) is 73.1 Å². The van der Waals surface area contributed by atoms with Gasteiger partial charge in [-0.25, -0.2) is 4.98 Å². The van der Waals surface area contributed by atoms with Crippen molar-refractivity contribution < 1.29 is 14.3 Å². The molecule has 4 rings (SSSR count). The molecule has 1 amide bonds. The van der Waals surface area contributed by atoms with Crippen LogP contribution in [0.2, 0.25) is 0 Å². The average Bonchev–Trinajstić information content (AvgIpc) is 3.21. The topological polar surface area (TPSA) is 64.9 Å². The molecular formula is C24H23N3O3. The van der Waals surface area contributed by atoms with Crippen molar-refractivity contribution in [3.05, 3.63) is 89.9 Å². The van der Waals surface area contributed by atoms with Crippen LogP contribution in [0.5, 0.6) is 11.5 Å². The maximum absolute atomic E-state index is 12.6. The van der Waals surface area contributed by atoms with Crippen LogP contribution in [0.1, 0.15) is 28.5 Å². The van der Waals surface area contributed by atoms with Gasteiger partial charge in [-0.3, -0.25) is 4.79 Å². The molecule has 152 valence electrons. The fourth-order valence-electron chi connectivity index (χ4n) is 3.17. The highest BCUT2D eigenvalue weighted by molar-refractivity contribution is 6.04. The first kappa shape index (κ1) is 19.5. The lowest BCUT2D eigenvalue weighted by Crippen LogP contribution is -2.12. The molecule has 0 radical (unpaired) electrons. The lowest BCUT2D eigenvalue weighted by Gasteiger charge is -2.12. The molecule has 6 heteroatoms. The van der Waals surface area contributed by atoms with Crippen LogP contribution in [-0.4, -0.2) is 22.4 Å². The Kier molecular flexibility index (Phi) is 5.66. The van der Waals surface area contributed by atoms with Gasteiger partial charge < -0.3 is 19.2 Å². The smallest absolute Gasteiger partial charge is 0.255 e. The molecule has 0 aliphatic carbocycles. The summed E-state index contributed by atoms with van der Waals surface area (Å²) in [7, 11) is 1.58. The van der Waals surface area contributed by atoms with Crippen molar-refractivity contribution in [1.82, 2.24) is 9.38 Å². The average molecular weight is 401 g/mol. The van der Waals surface area contributed by atoms with Gasteiger partial charge in [-0.05, 0) is 48.4 Å². The van der Waals surface area contributed by atoms with Crippen LogP contribution in [0.4, 0.5) is 5.69 Å². The number of rotatable bonds is 7. The van der Waals surface area contributed by atoms with E-state index in [4.69, 9.17) is 9.47 Å². The largest absolute Gasteiger partial charge is 0.493 e. The highest BCUT2D eigenvalue weighted by atomic mass is 16.5. The van der Waals surface area contributed by atoms with E-state index in [1.54, 1.807) is 25.3 Å². The molecule has 0 spiro atoms. The van der Waals surface area contributed by atoms with Crippen LogP contribution < -0.4 is 14.8 Å². The lowest BCUT2D eigenvalue weighted by atomic mass is 10.1. The third-order valence-electron chi connectivity index (χ3n) is 4.84. The zero-order chi connectivity index (χ0) is 20.9. The minimum absolute atomic E-state index is 0.172. The zero-order valence-corrected chi connectivity index (χ0v) is 17.0. The summed E-state index contributed by atoms with van der Waals surface area (Å²) in [5.74, 6) is 0.951. The molecule has 6 nitrogen and oxygen atoms in total. The van der Waals surface area contributed by atoms with E-state index in [9.17, 15) is 4.79 Å². The highest BCUT2D eigenvalue weighted by Crippen LogP contribution is 2.31. The van der Waals surface area contributed by atoms with Crippen molar-refractivity contribution in [2.75, 3.05) is 12.4 Å². The number of aromatic nitrogens is 2. The number of anilines is 1. The van der Waals surface area contributed by atoms with Gasteiger partial charge in [0.2, 0.25) is 0 Å². The minimum Gasteiger partial charge on any atom is -0.493 e. The summed E-state index contributed by atoms with van der Waals surface area (Å²) in [6.45, 7) is 2.37. The standard InChI is InChI=1S/C24H23N3O3/c1-3-17-7-9-18(10-8-17)24(28)26-19-11-12-21(29-2)22(14-19)30-16-20-15-27-13-5-4-6-23(27)25-20/h4-15H,3,16H2,1-2H3,(H,26,28). The molecule has 0 aliphatic rings. The number of amides is 1. The Bertz CT molecular complexity index is 1130. The third-order valence-corrected chi connectivity index (χ3v) is 4.84. The first-order valence-corrected chi connectivity index (χ1v) is 9.80. The van der Waals surface area contributed by atoms with E-state index < -0.39 is 0 Å². The molecule has 0 saturated heterocycles. The summed E-state index contributed by atoms with van der Waals surface area (Å²) in [5, 5.41) is 2.91. The summed E-state index contributed by atoms with van der Waals surface area (Å²) in [6, 6.07) is 18.7. The Hall–Kier alpha value is -3.80. The van der Waals surface area contributed by atoms with E-state index in [-0.39, 0.29) is 12.5 Å². The van der Waals surface area contributed by atoms with Gasteiger partial charge in [0.25, 0.3) is 5.91 Å². The summed E-state index contributed by atoms with van der Waals surface area (Å²) in [6.07, 6.45) is 4.80. The molecule has 0 bridgehead atoms. The van der Waals surface area contributed by atoms with Crippen LogP contribution in [-0.2, 0) is 13.0 Å². The van der Waals surface area contributed by atoms with Crippen molar-refractivity contribution in [3.63, 3.8) is 0 Å². The van der Waals surface area contributed by atoms with Crippen LogP contribution >= 0.6 is 0 Å². The van der Waals surface area contributed by atoms with E-state index in [0.29, 0.717) is 22.7 Å². The summed E-state index contributed by atoms with van der Waals surface area (Å²) < 4.78 is 13.3. The van der Waals surface area contributed by atoms with Crippen molar-refractivity contribution in [1.29, 1.82) is 0 Å². The number of pyridine rings is 1. The molecule has 2 aromatic carbocycles. The first-order chi connectivity index (χ1) is 14.7. The summed E-state index contributed by atoms with van der Waals surface area (Å²) in [5.41, 5.74) is 4.09. The SMILES string of the molecule is CCc1ccc(C(=O)Nc2ccc(OC)c(OCc3cn4ccccc4n3)c2)cc1. The Morgan fingerprint density at radius 1 is 1.07 bits per heavy atom. The predicted octanol–water partition coefficient (Wildman–Crippen LogP) is 4.74. The molecule has 2 heterocycles. The summed E-state index contributed by atoms with van der Waals surface area (Å²) >= 11 is 0. The first-order valence-electron chi connectivity index (χ1n) is 9.80. The maximum Gasteiger partial charge on any atom is 0.255 e. The van der Waals surface area contributed by atoms with E-state index in [0.717, 1.165) is 17.8 Å². The van der Waals surface area contributed by atoms with Gasteiger partial charge in [-0.15, -0.1) is 0 Å². The monoisotopic (exact) mass is 401 g/mol. The van der Waals surface area contributed by atoms with Gasteiger partial charge in [-0.2, -0.15) is 0 Å². The lowest BCUT2D eigenvalue weighted by molar-refractivity contribution is 0.102. The number of ether oxygens (including phenoxy) is 2. The number of methoxy groups -OCH3 is 1. The van der Waals surface area contributed by atoms with E-state index in [2.05, 4.69) is 17.2 Å². The van der Waals surface area contributed by atoms with E-state index >= 15 is 0 Å². The van der Waals surface area contributed by atoms with Gasteiger partial charge in [0.1, 0.15) is 12.3 Å². The van der Waals surface area contributed by atoms with Gasteiger partial charge in [-0.1, -0.05) is 25.1 Å². The number of carbonyl (C=O) groups excluding carboxylic acids is 1. The van der Waals surface area contributed by atoms with Gasteiger partial charge in [0.15, 0.2) is 11.5 Å². The van der Waals surface area contributed by atoms with Gasteiger partial charge in [0.05, 0.1) is 12.8 Å². The van der Waals surface area contributed by atoms with E-state index in [1.165, 1.54) is 5.56 Å².